The largest absolute Gasteiger partial charge is 0.497 e. The number of ether oxygens (including phenoxy) is 1. The van der Waals surface area contributed by atoms with Crippen molar-refractivity contribution < 1.29 is 9.84 Å². The molecule has 0 fully saturated rings. The van der Waals surface area contributed by atoms with E-state index < -0.39 is 0 Å². The quantitative estimate of drug-likeness (QED) is 0.874. The van der Waals surface area contributed by atoms with Crippen molar-refractivity contribution in [3.8, 4) is 5.75 Å². The number of fused-ring (bicyclic) bond motifs is 1. The maximum absolute atomic E-state index is 9.02. The van der Waals surface area contributed by atoms with E-state index in [0.717, 1.165) is 17.9 Å². The van der Waals surface area contributed by atoms with Gasteiger partial charge in [-0.3, -0.25) is 0 Å². The Labute approximate surface area is 100 Å². The van der Waals surface area contributed by atoms with Gasteiger partial charge in [-0.1, -0.05) is 0 Å². The lowest BCUT2D eigenvalue weighted by atomic mass is 10.1. The Hall–Kier alpha value is -0.870. The molecule has 1 atom stereocenters. The van der Waals surface area contributed by atoms with E-state index >= 15 is 0 Å². The molecule has 4 heteroatoms. The van der Waals surface area contributed by atoms with E-state index in [9.17, 15) is 0 Å². The first-order valence-corrected chi connectivity index (χ1v) is 6.39. The van der Waals surface area contributed by atoms with Crippen LogP contribution in [0.25, 0.3) is 0 Å². The van der Waals surface area contributed by atoms with Crippen molar-refractivity contribution in [1.82, 2.24) is 0 Å². The maximum Gasteiger partial charge on any atom is 0.121 e. The molecule has 0 aromatic heterocycles. The molecule has 1 aliphatic heterocycles. The van der Waals surface area contributed by atoms with Crippen molar-refractivity contribution in [2.24, 2.45) is 0 Å². The summed E-state index contributed by atoms with van der Waals surface area (Å²) in [5.41, 5.74) is 1.20. The first kappa shape index (κ1) is 11.6. The van der Waals surface area contributed by atoms with Crippen molar-refractivity contribution in [2.75, 3.05) is 31.4 Å². The van der Waals surface area contributed by atoms with Crippen molar-refractivity contribution in [3.05, 3.63) is 18.2 Å². The Morgan fingerprint density at radius 2 is 2.38 bits per heavy atom. The second kappa shape index (κ2) is 4.97. The highest BCUT2D eigenvalue weighted by atomic mass is 32.2. The molecule has 0 amide bonds. The molecule has 1 unspecified atom stereocenters. The summed E-state index contributed by atoms with van der Waals surface area (Å²) in [6.45, 7) is 0.245. The first-order valence-electron chi connectivity index (χ1n) is 5.40. The molecule has 0 radical (unpaired) electrons. The zero-order chi connectivity index (χ0) is 11.5. The zero-order valence-electron chi connectivity index (χ0n) is 9.64. The molecule has 0 bridgehead atoms. The molecule has 1 aliphatic rings. The summed E-state index contributed by atoms with van der Waals surface area (Å²) >= 11 is 1.85. The van der Waals surface area contributed by atoms with Crippen LogP contribution in [0.4, 0.5) is 5.69 Å². The van der Waals surface area contributed by atoms with Crippen molar-refractivity contribution >= 4 is 17.4 Å². The van der Waals surface area contributed by atoms with Crippen LogP contribution in [-0.2, 0) is 0 Å². The molecule has 1 aromatic carbocycles. The number of aliphatic hydroxyl groups excluding tert-OH is 1. The summed E-state index contributed by atoms with van der Waals surface area (Å²) in [5, 5.41) is 9.02. The lowest BCUT2D eigenvalue weighted by molar-refractivity contribution is 0.278. The zero-order valence-corrected chi connectivity index (χ0v) is 10.5. The van der Waals surface area contributed by atoms with Gasteiger partial charge in [0.25, 0.3) is 0 Å². The summed E-state index contributed by atoms with van der Waals surface area (Å²) in [5.74, 6) is 1.92. The highest BCUT2D eigenvalue weighted by Crippen LogP contribution is 2.39. The third kappa shape index (κ3) is 2.13. The molecule has 88 valence electrons. The second-order valence-corrected chi connectivity index (χ2v) is 4.98. The van der Waals surface area contributed by atoms with E-state index in [1.807, 2.05) is 17.8 Å². The normalized spacial score (nSPS) is 19.4. The predicted octanol–water partition coefficient (Wildman–Crippen LogP) is 1.99. The Morgan fingerprint density at radius 3 is 3.06 bits per heavy atom. The summed E-state index contributed by atoms with van der Waals surface area (Å²) < 4.78 is 5.24. The molecule has 0 aliphatic carbocycles. The fraction of sp³-hybridized carbons (Fsp3) is 0.500. The Balaban J connectivity index is 2.27. The molecular weight excluding hydrogens is 222 g/mol. The van der Waals surface area contributed by atoms with E-state index in [1.165, 1.54) is 10.6 Å². The van der Waals surface area contributed by atoms with Crippen LogP contribution >= 0.6 is 11.8 Å². The minimum atomic E-state index is 0.245. The van der Waals surface area contributed by atoms with Crippen LogP contribution < -0.4 is 9.64 Å². The number of nitrogens with zero attached hydrogens (tertiary/aromatic N) is 1. The number of anilines is 1. The van der Waals surface area contributed by atoms with Gasteiger partial charge in [-0.15, -0.1) is 11.8 Å². The minimum absolute atomic E-state index is 0.245. The minimum Gasteiger partial charge on any atom is -0.497 e. The van der Waals surface area contributed by atoms with Crippen LogP contribution in [0.15, 0.2) is 23.1 Å². The van der Waals surface area contributed by atoms with Gasteiger partial charge in [0.05, 0.1) is 12.8 Å². The van der Waals surface area contributed by atoms with Gasteiger partial charge in [0.2, 0.25) is 0 Å². The standard InChI is InChI=1S/C12H17NO2S/c1-13-9(5-6-14)8-16-12-4-3-10(15-2)7-11(12)13/h3-4,7,9,14H,5-6,8H2,1-2H3. The molecular formula is C12H17NO2S. The monoisotopic (exact) mass is 239 g/mol. The fourth-order valence-electron chi connectivity index (χ4n) is 1.94. The average Bonchev–Trinajstić information content (AvgIpc) is 2.33. The number of hydrogen-bond donors (Lipinski definition) is 1. The molecule has 1 N–H and O–H groups in total. The SMILES string of the molecule is COc1ccc2c(c1)N(C)C(CCO)CS2. The van der Waals surface area contributed by atoms with E-state index in [4.69, 9.17) is 9.84 Å². The molecule has 0 saturated carbocycles. The molecule has 3 nitrogen and oxygen atoms in total. The van der Waals surface area contributed by atoms with E-state index in [0.29, 0.717) is 6.04 Å². The van der Waals surface area contributed by atoms with Crippen molar-refractivity contribution in [3.63, 3.8) is 0 Å². The van der Waals surface area contributed by atoms with Crippen LogP contribution in [0.5, 0.6) is 5.75 Å². The second-order valence-electron chi connectivity index (χ2n) is 3.92. The highest BCUT2D eigenvalue weighted by molar-refractivity contribution is 7.99. The number of rotatable bonds is 3. The smallest absolute Gasteiger partial charge is 0.121 e. The summed E-state index contributed by atoms with van der Waals surface area (Å²) in [7, 11) is 3.77. The van der Waals surface area contributed by atoms with Crippen LogP contribution in [-0.4, -0.2) is 37.7 Å². The molecule has 2 rings (SSSR count). The third-order valence-electron chi connectivity index (χ3n) is 2.99. The Bertz CT molecular complexity index is 370. The van der Waals surface area contributed by atoms with Crippen LogP contribution in [0.2, 0.25) is 0 Å². The average molecular weight is 239 g/mol. The molecule has 16 heavy (non-hydrogen) atoms. The lowest BCUT2D eigenvalue weighted by Gasteiger charge is -2.35. The van der Waals surface area contributed by atoms with Crippen LogP contribution in [0.3, 0.4) is 0 Å². The molecule has 0 spiro atoms. The van der Waals surface area contributed by atoms with E-state index in [1.54, 1.807) is 7.11 Å². The third-order valence-corrected chi connectivity index (χ3v) is 4.20. The number of thioether (sulfide) groups is 1. The van der Waals surface area contributed by atoms with Crippen molar-refractivity contribution in [1.29, 1.82) is 0 Å². The van der Waals surface area contributed by atoms with Gasteiger partial charge >= 0.3 is 0 Å². The topological polar surface area (TPSA) is 32.7 Å². The van der Waals surface area contributed by atoms with Crippen molar-refractivity contribution in [2.45, 2.75) is 17.4 Å². The van der Waals surface area contributed by atoms with Gasteiger partial charge in [-0.2, -0.15) is 0 Å². The van der Waals surface area contributed by atoms with E-state index in [-0.39, 0.29) is 6.61 Å². The first-order chi connectivity index (χ1) is 7.76. The Kier molecular flexibility index (Phi) is 3.61. The number of benzene rings is 1. The van der Waals surface area contributed by atoms with Gasteiger partial charge in [-0.05, 0) is 18.6 Å². The predicted molar refractivity (Wildman–Crippen MR) is 67.6 cm³/mol. The van der Waals surface area contributed by atoms with Gasteiger partial charge in [0.1, 0.15) is 5.75 Å². The van der Waals surface area contributed by atoms with Crippen LogP contribution in [0.1, 0.15) is 6.42 Å². The van der Waals surface area contributed by atoms with Crippen LogP contribution in [0, 0.1) is 0 Å². The number of aliphatic hydroxyl groups is 1. The summed E-state index contributed by atoms with van der Waals surface area (Å²) in [4.78, 5) is 3.53. The van der Waals surface area contributed by atoms with Gasteiger partial charge in [0.15, 0.2) is 0 Å². The maximum atomic E-state index is 9.02. The molecule has 1 heterocycles. The summed E-state index contributed by atoms with van der Waals surface area (Å²) in [6, 6.07) is 6.57. The number of methoxy groups -OCH3 is 1. The fourth-order valence-corrected chi connectivity index (χ4v) is 3.22. The van der Waals surface area contributed by atoms with Gasteiger partial charge in [-0.25, -0.2) is 0 Å². The Morgan fingerprint density at radius 1 is 1.56 bits per heavy atom. The van der Waals surface area contributed by atoms with E-state index in [2.05, 4.69) is 24.1 Å². The highest BCUT2D eigenvalue weighted by Gasteiger charge is 2.23. The number of hydrogen-bond acceptors (Lipinski definition) is 4. The molecule has 1 aromatic rings. The summed E-state index contributed by atoms with van der Waals surface area (Å²) in [6.07, 6.45) is 0.820. The lowest BCUT2D eigenvalue weighted by Crippen LogP contribution is -2.37. The van der Waals surface area contributed by atoms with Gasteiger partial charge < -0.3 is 14.7 Å². The van der Waals surface area contributed by atoms with Gasteiger partial charge in [0, 0.05) is 36.4 Å². The molecule has 0 saturated heterocycles.